The van der Waals surface area contributed by atoms with Crippen molar-refractivity contribution in [1.29, 1.82) is 0 Å². The lowest BCUT2D eigenvalue weighted by atomic mass is 10.1. The monoisotopic (exact) mass is 389 g/mol. The molecule has 3 aromatic rings. The number of hydrogen-bond acceptors (Lipinski definition) is 5. The summed E-state index contributed by atoms with van der Waals surface area (Å²) < 4.78 is 0. The van der Waals surface area contributed by atoms with Gasteiger partial charge in [-0.25, -0.2) is 9.97 Å². The molecule has 1 heterocycles. The number of nitrogens with zero attached hydrogens (tertiary/aromatic N) is 3. The van der Waals surface area contributed by atoms with Crippen molar-refractivity contribution in [1.82, 2.24) is 20.2 Å². The van der Waals surface area contributed by atoms with Crippen LogP contribution < -0.4 is 10.6 Å². The number of aromatic nitrogens is 2. The molecule has 2 aromatic carbocycles. The van der Waals surface area contributed by atoms with Gasteiger partial charge in [0, 0.05) is 30.4 Å². The van der Waals surface area contributed by atoms with Crippen LogP contribution in [0.25, 0.3) is 11.4 Å². The van der Waals surface area contributed by atoms with Crippen molar-refractivity contribution < 1.29 is 4.79 Å². The predicted molar refractivity (Wildman–Crippen MR) is 118 cm³/mol. The average Bonchev–Trinajstić information content (AvgIpc) is 2.67. The van der Waals surface area contributed by atoms with E-state index in [1.807, 2.05) is 61.5 Å². The van der Waals surface area contributed by atoms with Crippen LogP contribution in [-0.2, 0) is 0 Å². The first-order chi connectivity index (χ1) is 13.9. The molecular weight excluding hydrogens is 362 g/mol. The largest absolute Gasteiger partial charge is 0.349 e. The van der Waals surface area contributed by atoms with Gasteiger partial charge in [-0.15, -0.1) is 0 Å². The van der Waals surface area contributed by atoms with Crippen LogP contribution in [0, 0.1) is 13.8 Å². The fourth-order valence-electron chi connectivity index (χ4n) is 3.02. The summed E-state index contributed by atoms with van der Waals surface area (Å²) in [7, 11) is 3.94. The van der Waals surface area contributed by atoms with E-state index in [0.717, 1.165) is 28.9 Å². The fourth-order valence-corrected chi connectivity index (χ4v) is 3.02. The van der Waals surface area contributed by atoms with E-state index in [-0.39, 0.29) is 5.91 Å². The fraction of sp³-hybridized carbons (Fsp3) is 0.261. The molecule has 0 bridgehead atoms. The lowest BCUT2D eigenvalue weighted by Crippen LogP contribution is -2.32. The Morgan fingerprint density at radius 1 is 0.966 bits per heavy atom. The van der Waals surface area contributed by atoms with Crippen LogP contribution in [0.4, 0.5) is 11.5 Å². The van der Waals surface area contributed by atoms with Crippen LogP contribution in [0.2, 0.25) is 0 Å². The second kappa shape index (κ2) is 9.30. The number of benzene rings is 2. The highest BCUT2D eigenvalue weighted by atomic mass is 16.1. The number of anilines is 2. The van der Waals surface area contributed by atoms with Crippen LogP contribution in [-0.4, -0.2) is 48.0 Å². The summed E-state index contributed by atoms with van der Waals surface area (Å²) in [4.78, 5) is 23.8. The van der Waals surface area contributed by atoms with Crippen molar-refractivity contribution in [2.45, 2.75) is 13.8 Å². The summed E-state index contributed by atoms with van der Waals surface area (Å²) >= 11 is 0. The summed E-state index contributed by atoms with van der Waals surface area (Å²) in [6.07, 6.45) is 0. The van der Waals surface area contributed by atoms with Crippen LogP contribution in [0.15, 0.2) is 54.6 Å². The minimum atomic E-state index is -0.213. The van der Waals surface area contributed by atoms with Crippen molar-refractivity contribution in [2.24, 2.45) is 0 Å². The minimum Gasteiger partial charge on any atom is -0.349 e. The first kappa shape index (κ1) is 20.5. The Balaban J connectivity index is 1.93. The molecule has 29 heavy (non-hydrogen) atoms. The van der Waals surface area contributed by atoms with Crippen LogP contribution in [0.3, 0.4) is 0 Å². The third-order valence-electron chi connectivity index (χ3n) is 4.33. The lowest BCUT2D eigenvalue weighted by molar-refractivity contribution is 0.0946. The Morgan fingerprint density at radius 3 is 2.31 bits per heavy atom. The van der Waals surface area contributed by atoms with Gasteiger partial charge in [0.05, 0.1) is 0 Å². The zero-order valence-electron chi connectivity index (χ0n) is 17.4. The highest BCUT2D eigenvalue weighted by Crippen LogP contribution is 2.22. The molecule has 1 amide bonds. The number of rotatable bonds is 7. The smallest absolute Gasteiger partial charge is 0.270 e. The average molecular weight is 390 g/mol. The van der Waals surface area contributed by atoms with E-state index in [4.69, 9.17) is 0 Å². The number of carbonyl (C=O) groups excluding carboxylic acids is 1. The molecule has 0 aliphatic carbocycles. The summed E-state index contributed by atoms with van der Waals surface area (Å²) in [6.45, 7) is 5.42. The zero-order chi connectivity index (χ0) is 20.8. The van der Waals surface area contributed by atoms with Gasteiger partial charge in [-0.3, -0.25) is 4.79 Å². The molecule has 0 aliphatic rings. The van der Waals surface area contributed by atoms with E-state index in [1.165, 1.54) is 0 Å². The van der Waals surface area contributed by atoms with E-state index in [9.17, 15) is 4.79 Å². The van der Waals surface area contributed by atoms with Gasteiger partial charge in [-0.05, 0) is 51.2 Å². The van der Waals surface area contributed by atoms with Crippen molar-refractivity contribution >= 4 is 17.4 Å². The van der Waals surface area contributed by atoms with Gasteiger partial charge in [0.15, 0.2) is 5.82 Å². The molecule has 0 atom stereocenters. The second-order valence-electron chi connectivity index (χ2n) is 7.39. The van der Waals surface area contributed by atoms with Crippen molar-refractivity contribution in [3.05, 3.63) is 71.4 Å². The Kier molecular flexibility index (Phi) is 6.57. The molecule has 3 rings (SSSR count). The Bertz CT molecular complexity index is 966. The molecule has 0 radical (unpaired) electrons. The van der Waals surface area contributed by atoms with E-state index in [2.05, 4.69) is 40.5 Å². The highest BCUT2D eigenvalue weighted by Gasteiger charge is 2.13. The maximum absolute atomic E-state index is 12.7. The molecule has 150 valence electrons. The van der Waals surface area contributed by atoms with E-state index < -0.39 is 0 Å². The summed E-state index contributed by atoms with van der Waals surface area (Å²) in [6, 6.07) is 17.6. The predicted octanol–water partition coefficient (Wildman–Crippen LogP) is 3.80. The maximum Gasteiger partial charge on any atom is 0.270 e. The molecule has 0 fully saturated rings. The number of hydrogen-bond donors (Lipinski definition) is 2. The second-order valence-corrected chi connectivity index (χ2v) is 7.39. The van der Waals surface area contributed by atoms with Crippen molar-refractivity contribution in [3.8, 4) is 11.4 Å². The number of likely N-dealkylation sites (N-methyl/N-ethyl adjacent to an activating group) is 1. The number of aryl methyl sites for hydroxylation is 2. The van der Waals surface area contributed by atoms with E-state index in [1.54, 1.807) is 6.07 Å². The third-order valence-corrected chi connectivity index (χ3v) is 4.33. The lowest BCUT2D eigenvalue weighted by Gasteiger charge is -2.13. The number of nitrogens with one attached hydrogen (secondary N) is 2. The van der Waals surface area contributed by atoms with Gasteiger partial charge in [-0.1, -0.05) is 36.4 Å². The number of carbonyl (C=O) groups is 1. The molecule has 6 heteroatoms. The normalized spacial score (nSPS) is 10.8. The topological polar surface area (TPSA) is 70.2 Å². The minimum absolute atomic E-state index is 0.213. The third kappa shape index (κ3) is 5.86. The SMILES string of the molecule is Cc1cc(C)cc(Nc2cc(C(=O)NCCN(C)C)nc(-c3ccccc3)n2)c1. The Hall–Kier alpha value is -3.25. The molecule has 6 nitrogen and oxygen atoms in total. The van der Waals surface area contributed by atoms with E-state index in [0.29, 0.717) is 23.9 Å². The number of amides is 1. The van der Waals surface area contributed by atoms with Gasteiger partial charge >= 0.3 is 0 Å². The molecule has 0 aliphatic heterocycles. The summed E-state index contributed by atoms with van der Waals surface area (Å²) in [5.41, 5.74) is 4.44. The van der Waals surface area contributed by atoms with E-state index >= 15 is 0 Å². The van der Waals surface area contributed by atoms with Gasteiger partial charge in [0.1, 0.15) is 11.5 Å². The molecule has 2 N–H and O–H groups in total. The van der Waals surface area contributed by atoms with Crippen molar-refractivity contribution in [2.75, 3.05) is 32.5 Å². The first-order valence-electron chi connectivity index (χ1n) is 9.63. The molecule has 0 saturated carbocycles. The summed E-state index contributed by atoms with van der Waals surface area (Å²) in [5, 5.41) is 6.25. The molecule has 0 spiro atoms. The zero-order valence-corrected chi connectivity index (χ0v) is 17.4. The molecular formula is C23H27N5O. The highest BCUT2D eigenvalue weighted by molar-refractivity contribution is 5.93. The first-order valence-corrected chi connectivity index (χ1v) is 9.63. The molecule has 0 unspecified atom stereocenters. The summed E-state index contributed by atoms with van der Waals surface area (Å²) in [5.74, 6) is 0.884. The maximum atomic E-state index is 12.7. The van der Waals surface area contributed by atoms with Gasteiger partial charge in [-0.2, -0.15) is 0 Å². The standard InChI is InChI=1S/C23H27N5O/c1-16-12-17(2)14-19(13-16)25-21-15-20(23(29)24-10-11-28(3)4)26-22(27-21)18-8-6-5-7-9-18/h5-9,12-15H,10-11H2,1-4H3,(H,24,29)(H,25,26,27). The quantitative estimate of drug-likeness (QED) is 0.643. The van der Waals surface area contributed by atoms with Crippen LogP contribution in [0.5, 0.6) is 0 Å². The van der Waals surface area contributed by atoms with Gasteiger partial charge < -0.3 is 15.5 Å². The Labute approximate surface area is 172 Å². The molecule has 0 saturated heterocycles. The molecule has 1 aromatic heterocycles. The van der Waals surface area contributed by atoms with Crippen LogP contribution in [0.1, 0.15) is 21.6 Å². The van der Waals surface area contributed by atoms with Crippen molar-refractivity contribution in [3.63, 3.8) is 0 Å². The van der Waals surface area contributed by atoms with Crippen LogP contribution >= 0.6 is 0 Å². The van der Waals surface area contributed by atoms with Gasteiger partial charge in [0.25, 0.3) is 5.91 Å². The van der Waals surface area contributed by atoms with Gasteiger partial charge in [0.2, 0.25) is 0 Å². The Morgan fingerprint density at radius 2 is 1.66 bits per heavy atom.